The summed E-state index contributed by atoms with van der Waals surface area (Å²) in [7, 11) is 1.62. The Bertz CT molecular complexity index is 573. The third-order valence-corrected chi connectivity index (χ3v) is 3.19. The van der Waals surface area contributed by atoms with Crippen LogP contribution in [0.4, 0.5) is 0 Å². The van der Waals surface area contributed by atoms with Gasteiger partial charge in [0.05, 0.1) is 12.6 Å². The van der Waals surface area contributed by atoms with E-state index in [9.17, 15) is 0 Å². The molecule has 1 unspecified atom stereocenters. The van der Waals surface area contributed by atoms with Crippen molar-refractivity contribution in [1.82, 2.24) is 14.5 Å². The normalized spacial score (nSPS) is 12.9. The number of rotatable bonds is 4. The number of nitrogens with zero attached hydrogens (tertiary/aromatic N) is 2. The van der Waals surface area contributed by atoms with Crippen molar-refractivity contribution in [3.8, 4) is 5.88 Å². The Kier molecular flexibility index (Phi) is 3.47. The number of nitrogens with one attached hydrogen (secondary N) is 1. The Hall–Kier alpha value is -1.36. The van der Waals surface area contributed by atoms with Crippen molar-refractivity contribution in [1.29, 1.82) is 0 Å². The molecule has 2 aromatic rings. The van der Waals surface area contributed by atoms with E-state index in [0.717, 1.165) is 28.8 Å². The Morgan fingerprint density at radius 3 is 2.94 bits per heavy atom. The molecule has 0 bridgehead atoms. The van der Waals surface area contributed by atoms with Crippen LogP contribution >= 0.6 is 12.2 Å². The van der Waals surface area contributed by atoms with E-state index in [-0.39, 0.29) is 0 Å². The number of methoxy groups -OCH3 is 1. The second-order valence-electron chi connectivity index (χ2n) is 4.16. The van der Waals surface area contributed by atoms with Gasteiger partial charge in [0.25, 0.3) is 0 Å². The third kappa shape index (κ3) is 2.20. The molecule has 0 saturated heterocycles. The lowest BCUT2D eigenvalue weighted by Crippen LogP contribution is -2.05. The van der Waals surface area contributed by atoms with E-state index in [1.807, 2.05) is 12.1 Å². The van der Waals surface area contributed by atoms with Crippen LogP contribution in [-0.4, -0.2) is 21.6 Å². The molecule has 1 N–H and O–H groups in total. The molecule has 2 heterocycles. The monoisotopic (exact) mass is 251 g/mol. The van der Waals surface area contributed by atoms with Crippen LogP contribution in [0.1, 0.15) is 32.7 Å². The summed E-state index contributed by atoms with van der Waals surface area (Å²) in [6, 6.07) is 4.13. The second-order valence-corrected chi connectivity index (χ2v) is 4.55. The fourth-order valence-electron chi connectivity index (χ4n) is 2.05. The summed E-state index contributed by atoms with van der Waals surface area (Å²) in [6.07, 6.45) is 2.21. The lowest BCUT2D eigenvalue weighted by atomic mass is 10.2. The molecule has 0 aliphatic carbocycles. The minimum Gasteiger partial charge on any atom is -0.481 e. The van der Waals surface area contributed by atoms with E-state index in [1.165, 1.54) is 0 Å². The maximum Gasteiger partial charge on any atom is 0.215 e. The second kappa shape index (κ2) is 4.87. The van der Waals surface area contributed by atoms with Gasteiger partial charge in [-0.1, -0.05) is 13.3 Å². The fourth-order valence-corrected chi connectivity index (χ4v) is 2.43. The SMILES string of the molecule is CCCC(C)n1c(=S)[nH]c2ccc(OC)nc21. The van der Waals surface area contributed by atoms with Crippen LogP contribution in [0.3, 0.4) is 0 Å². The first-order valence-electron chi connectivity index (χ1n) is 5.82. The highest BCUT2D eigenvalue weighted by Gasteiger charge is 2.12. The highest BCUT2D eigenvalue weighted by molar-refractivity contribution is 7.71. The zero-order valence-electron chi connectivity index (χ0n) is 10.4. The van der Waals surface area contributed by atoms with Crippen LogP contribution in [0.25, 0.3) is 11.2 Å². The van der Waals surface area contributed by atoms with Crippen molar-refractivity contribution in [2.75, 3.05) is 7.11 Å². The summed E-state index contributed by atoms with van der Waals surface area (Å²) >= 11 is 5.35. The lowest BCUT2D eigenvalue weighted by Gasteiger charge is -2.12. The molecule has 0 fully saturated rings. The molecule has 5 heteroatoms. The summed E-state index contributed by atoms with van der Waals surface area (Å²) < 4.78 is 7.94. The number of aromatic nitrogens is 3. The first-order valence-corrected chi connectivity index (χ1v) is 6.23. The third-order valence-electron chi connectivity index (χ3n) is 2.89. The van der Waals surface area contributed by atoms with E-state index in [4.69, 9.17) is 17.0 Å². The van der Waals surface area contributed by atoms with Crippen molar-refractivity contribution in [2.45, 2.75) is 32.7 Å². The number of fused-ring (bicyclic) bond motifs is 1. The summed E-state index contributed by atoms with van der Waals surface area (Å²) in [6.45, 7) is 4.33. The van der Waals surface area contributed by atoms with Gasteiger partial charge in [0.15, 0.2) is 10.4 Å². The van der Waals surface area contributed by atoms with Gasteiger partial charge in [0, 0.05) is 12.1 Å². The van der Waals surface area contributed by atoms with Gasteiger partial charge in [-0.05, 0) is 31.6 Å². The number of hydrogen-bond acceptors (Lipinski definition) is 3. The largest absolute Gasteiger partial charge is 0.481 e. The van der Waals surface area contributed by atoms with Crippen LogP contribution in [0.5, 0.6) is 5.88 Å². The Labute approximate surface area is 106 Å². The van der Waals surface area contributed by atoms with Gasteiger partial charge in [-0.3, -0.25) is 4.57 Å². The maximum atomic E-state index is 5.35. The van der Waals surface area contributed by atoms with Crippen molar-refractivity contribution in [2.24, 2.45) is 0 Å². The molecule has 0 aliphatic heterocycles. The molecular weight excluding hydrogens is 234 g/mol. The summed E-state index contributed by atoms with van der Waals surface area (Å²) in [5, 5.41) is 0. The molecule has 1 atom stereocenters. The van der Waals surface area contributed by atoms with E-state index >= 15 is 0 Å². The number of ether oxygens (including phenoxy) is 1. The summed E-state index contributed by atoms with van der Waals surface area (Å²) in [5.74, 6) is 0.615. The minimum atomic E-state index is 0.348. The Morgan fingerprint density at radius 1 is 1.53 bits per heavy atom. The first-order chi connectivity index (χ1) is 8.17. The van der Waals surface area contributed by atoms with Gasteiger partial charge in [0.1, 0.15) is 0 Å². The van der Waals surface area contributed by atoms with E-state index in [2.05, 4.69) is 28.4 Å². The average molecular weight is 251 g/mol. The highest BCUT2D eigenvalue weighted by atomic mass is 32.1. The van der Waals surface area contributed by atoms with Crippen LogP contribution in [-0.2, 0) is 0 Å². The zero-order valence-corrected chi connectivity index (χ0v) is 11.2. The van der Waals surface area contributed by atoms with Gasteiger partial charge in [0.2, 0.25) is 5.88 Å². The van der Waals surface area contributed by atoms with Crippen molar-refractivity contribution < 1.29 is 4.74 Å². The standard InChI is InChI=1S/C12H17N3OS/c1-4-5-8(2)15-11-9(13-12(15)17)6-7-10(14-11)16-3/h6-8H,4-5H2,1-3H3,(H,13,17). The molecule has 0 aliphatic rings. The van der Waals surface area contributed by atoms with E-state index < -0.39 is 0 Å². The minimum absolute atomic E-state index is 0.348. The highest BCUT2D eigenvalue weighted by Crippen LogP contribution is 2.22. The van der Waals surface area contributed by atoms with Crippen LogP contribution < -0.4 is 4.74 Å². The van der Waals surface area contributed by atoms with Crippen molar-refractivity contribution >= 4 is 23.4 Å². The molecule has 17 heavy (non-hydrogen) atoms. The molecule has 0 amide bonds. The smallest absolute Gasteiger partial charge is 0.215 e. The molecule has 2 rings (SSSR count). The quantitative estimate of drug-likeness (QED) is 0.846. The molecule has 4 nitrogen and oxygen atoms in total. The predicted octanol–water partition coefficient (Wildman–Crippen LogP) is 3.46. The van der Waals surface area contributed by atoms with Gasteiger partial charge in [-0.15, -0.1) is 0 Å². The molecular formula is C12H17N3OS. The van der Waals surface area contributed by atoms with Crippen LogP contribution in [0.2, 0.25) is 0 Å². The summed E-state index contributed by atoms with van der Waals surface area (Å²) in [4.78, 5) is 7.64. The van der Waals surface area contributed by atoms with E-state index in [1.54, 1.807) is 7.11 Å². The predicted molar refractivity (Wildman–Crippen MR) is 71.1 cm³/mol. The topological polar surface area (TPSA) is 42.8 Å². The summed E-state index contributed by atoms with van der Waals surface area (Å²) in [5.41, 5.74) is 1.83. The fraction of sp³-hybridized carbons (Fsp3) is 0.500. The molecule has 2 aromatic heterocycles. The zero-order chi connectivity index (χ0) is 12.4. The number of H-pyrrole nitrogens is 1. The molecule has 92 valence electrons. The molecule has 0 spiro atoms. The number of imidazole rings is 1. The Morgan fingerprint density at radius 2 is 2.29 bits per heavy atom. The van der Waals surface area contributed by atoms with Gasteiger partial charge in [-0.25, -0.2) is 0 Å². The van der Waals surface area contributed by atoms with Crippen molar-refractivity contribution in [3.05, 3.63) is 16.9 Å². The van der Waals surface area contributed by atoms with Gasteiger partial charge >= 0.3 is 0 Å². The maximum absolute atomic E-state index is 5.35. The molecule has 0 saturated carbocycles. The van der Waals surface area contributed by atoms with E-state index in [0.29, 0.717) is 11.9 Å². The molecule has 0 aromatic carbocycles. The number of aromatic amines is 1. The van der Waals surface area contributed by atoms with Gasteiger partial charge in [-0.2, -0.15) is 4.98 Å². The van der Waals surface area contributed by atoms with Crippen LogP contribution in [0.15, 0.2) is 12.1 Å². The van der Waals surface area contributed by atoms with Crippen molar-refractivity contribution in [3.63, 3.8) is 0 Å². The lowest BCUT2D eigenvalue weighted by molar-refractivity contribution is 0.398. The first kappa shape index (κ1) is 12.1. The number of pyridine rings is 1. The van der Waals surface area contributed by atoms with Gasteiger partial charge < -0.3 is 9.72 Å². The number of hydrogen-bond donors (Lipinski definition) is 1. The van der Waals surface area contributed by atoms with Crippen LogP contribution in [0, 0.1) is 4.77 Å². The Balaban J connectivity index is 2.60. The average Bonchev–Trinajstić information content (AvgIpc) is 2.64. The molecule has 0 radical (unpaired) electrons.